The number of benzene rings is 1. The standard InChI is InChI=1S/C14H13ClN2O3/c1-3-20-14(19)13-12(18)6-7-17(16-13)11-8-10(15)5-4-9(11)2/h4-8H,3H2,1-2H3. The Kier molecular flexibility index (Phi) is 4.20. The molecule has 20 heavy (non-hydrogen) atoms. The molecule has 1 aromatic carbocycles. The van der Waals surface area contributed by atoms with Crippen molar-refractivity contribution in [1.29, 1.82) is 0 Å². The van der Waals surface area contributed by atoms with Crippen molar-refractivity contribution in [2.45, 2.75) is 13.8 Å². The lowest BCUT2D eigenvalue weighted by Gasteiger charge is -2.10. The van der Waals surface area contributed by atoms with Gasteiger partial charge in [-0.05, 0) is 31.5 Å². The van der Waals surface area contributed by atoms with Gasteiger partial charge in [-0.3, -0.25) is 4.79 Å². The summed E-state index contributed by atoms with van der Waals surface area (Å²) in [7, 11) is 0. The van der Waals surface area contributed by atoms with Gasteiger partial charge < -0.3 is 4.74 Å². The first-order chi connectivity index (χ1) is 9.52. The van der Waals surface area contributed by atoms with Crippen LogP contribution in [-0.2, 0) is 4.74 Å². The van der Waals surface area contributed by atoms with E-state index in [0.29, 0.717) is 10.7 Å². The maximum Gasteiger partial charge on any atom is 0.362 e. The van der Waals surface area contributed by atoms with Crippen LogP contribution in [0.1, 0.15) is 23.0 Å². The minimum atomic E-state index is -0.730. The molecule has 0 aliphatic rings. The van der Waals surface area contributed by atoms with E-state index in [1.807, 2.05) is 13.0 Å². The molecule has 0 aliphatic heterocycles. The van der Waals surface area contributed by atoms with E-state index >= 15 is 0 Å². The Morgan fingerprint density at radius 3 is 2.85 bits per heavy atom. The summed E-state index contributed by atoms with van der Waals surface area (Å²) in [6, 6.07) is 6.58. The number of carbonyl (C=O) groups excluding carboxylic acids is 1. The van der Waals surface area contributed by atoms with E-state index < -0.39 is 11.4 Å². The normalized spacial score (nSPS) is 10.3. The van der Waals surface area contributed by atoms with Gasteiger partial charge in [-0.2, -0.15) is 5.10 Å². The lowest BCUT2D eigenvalue weighted by molar-refractivity contribution is 0.0515. The molecule has 1 aromatic heterocycles. The molecule has 0 bridgehead atoms. The summed E-state index contributed by atoms with van der Waals surface area (Å²) in [5.74, 6) is -0.730. The number of nitrogens with zero attached hydrogens (tertiary/aromatic N) is 2. The maximum absolute atomic E-state index is 11.7. The van der Waals surface area contributed by atoms with E-state index in [4.69, 9.17) is 16.3 Å². The first-order valence-electron chi connectivity index (χ1n) is 6.06. The monoisotopic (exact) mass is 292 g/mol. The summed E-state index contributed by atoms with van der Waals surface area (Å²) < 4.78 is 6.25. The van der Waals surface area contributed by atoms with Crippen molar-refractivity contribution >= 4 is 17.6 Å². The zero-order chi connectivity index (χ0) is 14.7. The fraction of sp³-hybridized carbons (Fsp3) is 0.214. The topological polar surface area (TPSA) is 61.2 Å². The molecule has 0 saturated carbocycles. The van der Waals surface area contributed by atoms with Crippen LogP contribution in [-0.4, -0.2) is 22.4 Å². The second-order valence-electron chi connectivity index (χ2n) is 4.12. The molecule has 6 heteroatoms. The highest BCUT2D eigenvalue weighted by Gasteiger charge is 2.14. The first kappa shape index (κ1) is 14.3. The lowest BCUT2D eigenvalue weighted by atomic mass is 10.2. The number of rotatable bonds is 3. The van der Waals surface area contributed by atoms with Gasteiger partial charge in [0, 0.05) is 17.3 Å². The van der Waals surface area contributed by atoms with Crippen molar-refractivity contribution in [3.05, 3.63) is 57.0 Å². The quantitative estimate of drug-likeness (QED) is 0.815. The lowest BCUT2D eigenvalue weighted by Crippen LogP contribution is -2.22. The molecule has 0 N–H and O–H groups in total. The van der Waals surface area contributed by atoms with Gasteiger partial charge in [-0.15, -0.1) is 0 Å². The van der Waals surface area contributed by atoms with Crippen LogP contribution in [0, 0.1) is 6.92 Å². The van der Waals surface area contributed by atoms with Crippen LogP contribution in [0.25, 0.3) is 5.69 Å². The largest absolute Gasteiger partial charge is 0.461 e. The molecule has 0 radical (unpaired) electrons. The smallest absolute Gasteiger partial charge is 0.362 e. The average molecular weight is 293 g/mol. The minimum absolute atomic E-state index is 0.186. The van der Waals surface area contributed by atoms with Crippen molar-refractivity contribution in [1.82, 2.24) is 9.78 Å². The highest BCUT2D eigenvalue weighted by molar-refractivity contribution is 6.30. The van der Waals surface area contributed by atoms with E-state index in [1.165, 1.54) is 16.9 Å². The van der Waals surface area contributed by atoms with Gasteiger partial charge in [0.2, 0.25) is 11.1 Å². The summed E-state index contributed by atoms with van der Waals surface area (Å²) in [6.07, 6.45) is 1.49. The van der Waals surface area contributed by atoms with E-state index in [2.05, 4.69) is 5.10 Å². The van der Waals surface area contributed by atoms with Crippen LogP contribution >= 0.6 is 11.6 Å². The van der Waals surface area contributed by atoms with E-state index in [-0.39, 0.29) is 12.3 Å². The zero-order valence-corrected chi connectivity index (χ0v) is 11.8. The molecular weight excluding hydrogens is 280 g/mol. The molecule has 5 nitrogen and oxygen atoms in total. The number of aryl methyl sites for hydroxylation is 1. The molecule has 1 heterocycles. The molecule has 0 unspecified atom stereocenters. The number of ether oxygens (including phenoxy) is 1. The molecule has 0 spiro atoms. The second-order valence-corrected chi connectivity index (χ2v) is 4.56. The summed E-state index contributed by atoms with van der Waals surface area (Å²) in [6.45, 7) is 3.74. The Hall–Kier alpha value is -2.14. The van der Waals surface area contributed by atoms with Gasteiger partial charge >= 0.3 is 5.97 Å². The summed E-state index contributed by atoms with van der Waals surface area (Å²) >= 11 is 5.96. The van der Waals surface area contributed by atoms with Crippen LogP contribution in [0.2, 0.25) is 5.02 Å². The number of hydrogen-bond donors (Lipinski definition) is 0. The van der Waals surface area contributed by atoms with Crippen molar-refractivity contribution in [3.8, 4) is 5.69 Å². The fourth-order valence-electron chi connectivity index (χ4n) is 1.71. The van der Waals surface area contributed by atoms with Crippen molar-refractivity contribution < 1.29 is 9.53 Å². The Morgan fingerprint density at radius 1 is 1.40 bits per heavy atom. The SMILES string of the molecule is CCOC(=O)c1nn(-c2cc(Cl)ccc2C)ccc1=O. The van der Waals surface area contributed by atoms with Gasteiger partial charge in [-0.25, -0.2) is 9.48 Å². The van der Waals surface area contributed by atoms with Crippen LogP contribution in [0.5, 0.6) is 0 Å². The third kappa shape index (κ3) is 2.88. The van der Waals surface area contributed by atoms with Gasteiger partial charge in [0.05, 0.1) is 12.3 Å². The number of aromatic nitrogens is 2. The van der Waals surface area contributed by atoms with Crippen molar-refractivity contribution in [2.75, 3.05) is 6.61 Å². The highest BCUT2D eigenvalue weighted by Crippen LogP contribution is 2.18. The average Bonchev–Trinajstić information content (AvgIpc) is 2.42. The molecule has 0 atom stereocenters. The van der Waals surface area contributed by atoms with E-state index in [1.54, 1.807) is 19.1 Å². The molecule has 0 fully saturated rings. The number of carbonyl (C=O) groups is 1. The Balaban J connectivity index is 2.54. The van der Waals surface area contributed by atoms with Crippen LogP contribution in [0.4, 0.5) is 0 Å². The van der Waals surface area contributed by atoms with E-state index in [9.17, 15) is 9.59 Å². The number of hydrogen-bond acceptors (Lipinski definition) is 4. The molecular formula is C14H13ClN2O3. The molecule has 2 rings (SSSR count). The predicted molar refractivity (Wildman–Crippen MR) is 75.5 cm³/mol. The van der Waals surface area contributed by atoms with Gasteiger partial charge in [0.15, 0.2) is 0 Å². The third-order valence-electron chi connectivity index (χ3n) is 2.70. The Labute approximate surface area is 120 Å². The molecule has 0 amide bonds. The fourth-order valence-corrected chi connectivity index (χ4v) is 1.88. The summed E-state index contributed by atoms with van der Waals surface area (Å²) in [5, 5.41) is 4.58. The van der Waals surface area contributed by atoms with Gasteiger partial charge in [0.1, 0.15) is 0 Å². The van der Waals surface area contributed by atoms with Crippen LogP contribution in [0.15, 0.2) is 35.3 Å². The molecule has 104 valence electrons. The maximum atomic E-state index is 11.7. The second kappa shape index (κ2) is 5.88. The number of halogens is 1. The van der Waals surface area contributed by atoms with E-state index in [0.717, 1.165) is 5.56 Å². The highest BCUT2D eigenvalue weighted by atomic mass is 35.5. The Bertz CT molecular complexity index is 710. The number of esters is 1. The van der Waals surface area contributed by atoms with Crippen LogP contribution in [0.3, 0.4) is 0 Å². The Morgan fingerprint density at radius 2 is 2.15 bits per heavy atom. The molecule has 0 saturated heterocycles. The van der Waals surface area contributed by atoms with Gasteiger partial charge in [-0.1, -0.05) is 17.7 Å². The third-order valence-corrected chi connectivity index (χ3v) is 2.93. The van der Waals surface area contributed by atoms with Crippen LogP contribution < -0.4 is 5.43 Å². The van der Waals surface area contributed by atoms with Crippen molar-refractivity contribution in [3.63, 3.8) is 0 Å². The molecule has 2 aromatic rings. The van der Waals surface area contributed by atoms with Crippen molar-refractivity contribution in [2.24, 2.45) is 0 Å². The predicted octanol–water partition coefficient (Wildman–Crippen LogP) is 2.37. The summed E-state index contributed by atoms with van der Waals surface area (Å²) in [4.78, 5) is 23.3. The van der Waals surface area contributed by atoms with Gasteiger partial charge in [0.25, 0.3) is 0 Å². The summed E-state index contributed by atoms with van der Waals surface area (Å²) in [5.41, 5.74) is 0.900. The first-order valence-corrected chi connectivity index (χ1v) is 6.44. The molecule has 0 aliphatic carbocycles. The zero-order valence-electron chi connectivity index (χ0n) is 11.1. The minimum Gasteiger partial charge on any atom is -0.461 e.